The van der Waals surface area contributed by atoms with Crippen LogP contribution in [-0.4, -0.2) is 28.4 Å². The van der Waals surface area contributed by atoms with E-state index in [0.717, 1.165) is 23.8 Å². The van der Waals surface area contributed by atoms with E-state index in [2.05, 4.69) is 19.6 Å². The predicted molar refractivity (Wildman–Crippen MR) is 120 cm³/mol. The summed E-state index contributed by atoms with van der Waals surface area (Å²) in [6, 6.07) is 2.39. The van der Waals surface area contributed by atoms with E-state index in [1.165, 1.54) is 13.2 Å². The van der Waals surface area contributed by atoms with Gasteiger partial charge in [0.1, 0.15) is 22.3 Å². The van der Waals surface area contributed by atoms with Gasteiger partial charge in [-0.05, 0) is 32.3 Å². The molecule has 1 unspecified atom stereocenters. The van der Waals surface area contributed by atoms with E-state index in [0.29, 0.717) is 29.8 Å². The van der Waals surface area contributed by atoms with Gasteiger partial charge in [0.15, 0.2) is 17.4 Å². The van der Waals surface area contributed by atoms with Crippen LogP contribution in [0.25, 0.3) is 11.4 Å². The lowest BCUT2D eigenvalue weighted by atomic mass is 9.74. The van der Waals surface area contributed by atoms with Crippen molar-refractivity contribution >= 4 is 11.3 Å². The summed E-state index contributed by atoms with van der Waals surface area (Å²) in [7, 11) is 1.36. The van der Waals surface area contributed by atoms with Gasteiger partial charge >= 0.3 is 11.9 Å². The second kappa shape index (κ2) is 9.63. The molecule has 1 aliphatic rings. The molecule has 2 aromatic heterocycles. The van der Waals surface area contributed by atoms with E-state index in [4.69, 9.17) is 9.47 Å². The average molecular weight is 516 g/mol. The number of aryl methyl sites for hydroxylation is 1. The molecule has 190 valence electrons. The van der Waals surface area contributed by atoms with Gasteiger partial charge in [-0.15, -0.1) is 11.3 Å². The number of hydrogen-bond acceptors (Lipinski definition) is 7. The van der Waals surface area contributed by atoms with E-state index in [9.17, 15) is 22.4 Å². The highest BCUT2D eigenvalue weighted by Crippen LogP contribution is 2.53. The Balaban J connectivity index is 1.68. The quantitative estimate of drug-likeness (QED) is 0.375. The van der Waals surface area contributed by atoms with Gasteiger partial charge in [0, 0.05) is 6.07 Å². The second-order valence-electron chi connectivity index (χ2n) is 8.55. The third-order valence-electron chi connectivity index (χ3n) is 6.37. The molecule has 0 radical (unpaired) electrons. The molecule has 1 aromatic carbocycles. The zero-order chi connectivity index (χ0) is 25.4. The number of hydrogen-bond donors (Lipinski definition) is 1. The molecule has 3 aromatic rings. The first-order valence-electron chi connectivity index (χ1n) is 11.2. The van der Waals surface area contributed by atoms with Gasteiger partial charge in [-0.1, -0.05) is 31.3 Å². The number of halogens is 4. The number of benzene rings is 1. The van der Waals surface area contributed by atoms with Crippen molar-refractivity contribution in [2.75, 3.05) is 7.11 Å². The van der Waals surface area contributed by atoms with Crippen LogP contribution in [0.15, 0.2) is 21.5 Å². The third kappa shape index (κ3) is 4.67. The molecular formula is C23H25F4N3O4S. The standard InChI is InChI=1S/C23H25F4N3O4S/c1-4-15(18-12(2)28-20(35-18)22(23(25,26)27)8-6-5-7-9-22)33-17-11-16(32-3)13(10-14(17)24)19-29-21(31)34-30-19/h10-11,15H,4-9H2,1-3H3,(H,29,30,31). The molecule has 12 heteroatoms. The van der Waals surface area contributed by atoms with Gasteiger partial charge in [0.25, 0.3) is 0 Å². The van der Waals surface area contributed by atoms with Crippen molar-refractivity contribution < 1.29 is 31.6 Å². The zero-order valence-corrected chi connectivity index (χ0v) is 20.2. The first-order valence-corrected chi connectivity index (χ1v) is 12.1. The number of thiazole rings is 1. The Morgan fingerprint density at radius 3 is 2.51 bits per heavy atom. The summed E-state index contributed by atoms with van der Waals surface area (Å²) in [5.41, 5.74) is -1.37. The minimum Gasteiger partial charge on any atom is -0.496 e. The number of H-pyrrole nitrogens is 1. The van der Waals surface area contributed by atoms with E-state index in [1.807, 2.05) is 0 Å². The lowest BCUT2D eigenvalue weighted by Gasteiger charge is -2.37. The summed E-state index contributed by atoms with van der Waals surface area (Å²) in [6.07, 6.45) is -2.96. The summed E-state index contributed by atoms with van der Waals surface area (Å²) in [4.78, 5) is 18.5. The molecule has 1 N–H and O–H groups in total. The van der Waals surface area contributed by atoms with Crippen LogP contribution in [0.5, 0.6) is 11.5 Å². The van der Waals surface area contributed by atoms with Crippen LogP contribution >= 0.6 is 11.3 Å². The molecule has 1 aliphatic carbocycles. The first kappa shape index (κ1) is 25.2. The average Bonchev–Trinajstić information content (AvgIpc) is 3.43. The fraction of sp³-hybridized carbons (Fsp3) is 0.522. The smallest absolute Gasteiger partial charge is 0.439 e. The monoisotopic (exact) mass is 515 g/mol. The number of rotatable bonds is 7. The number of methoxy groups -OCH3 is 1. The van der Waals surface area contributed by atoms with Gasteiger partial charge in [-0.3, -0.25) is 9.51 Å². The Hall–Kier alpha value is -2.89. The predicted octanol–water partition coefficient (Wildman–Crippen LogP) is 6.24. The van der Waals surface area contributed by atoms with Crippen LogP contribution in [0, 0.1) is 12.7 Å². The highest BCUT2D eigenvalue weighted by Gasteiger charge is 2.57. The van der Waals surface area contributed by atoms with Crippen LogP contribution in [0.3, 0.4) is 0 Å². The Morgan fingerprint density at radius 2 is 1.94 bits per heavy atom. The number of aromatic amines is 1. The Bertz CT molecular complexity index is 1240. The maximum Gasteiger partial charge on any atom is 0.439 e. The van der Waals surface area contributed by atoms with Crippen molar-refractivity contribution in [2.24, 2.45) is 0 Å². The maximum atomic E-state index is 15.0. The molecular weight excluding hydrogens is 490 g/mol. The highest BCUT2D eigenvalue weighted by molar-refractivity contribution is 7.12. The summed E-state index contributed by atoms with van der Waals surface area (Å²) in [5, 5.41) is 3.59. The third-order valence-corrected chi connectivity index (χ3v) is 7.83. The fourth-order valence-corrected chi connectivity index (χ4v) is 5.93. The van der Waals surface area contributed by atoms with Crippen molar-refractivity contribution in [1.82, 2.24) is 15.1 Å². The maximum absolute atomic E-state index is 15.0. The largest absolute Gasteiger partial charge is 0.496 e. The number of nitrogens with zero attached hydrogens (tertiary/aromatic N) is 2. The molecule has 7 nitrogen and oxygen atoms in total. The van der Waals surface area contributed by atoms with Crippen molar-refractivity contribution in [3.05, 3.63) is 44.1 Å². The molecule has 1 saturated carbocycles. The van der Waals surface area contributed by atoms with Crippen molar-refractivity contribution in [1.29, 1.82) is 0 Å². The Labute approximate surface area is 202 Å². The molecule has 0 bridgehead atoms. The number of nitrogens with one attached hydrogen (secondary N) is 1. The number of ether oxygens (including phenoxy) is 2. The van der Waals surface area contributed by atoms with E-state index < -0.39 is 29.3 Å². The normalized spacial score (nSPS) is 16.8. The summed E-state index contributed by atoms with van der Waals surface area (Å²) in [5.74, 6) is -1.57. The van der Waals surface area contributed by atoms with E-state index in [1.54, 1.807) is 13.8 Å². The molecule has 4 rings (SSSR count). The van der Waals surface area contributed by atoms with Crippen LogP contribution in [0.2, 0.25) is 0 Å². The number of aromatic nitrogens is 3. The van der Waals surface area contributed by atoms with Crippen LogP contribution < -0.4 is 15.2 Å². The van der Waals surface area contributed by atoms with Crippen molar-refractivity contribution in [2.45, 2.75) is 70.1 Å². The van der Waals surface area contributed by atoms with Gasteiger partial charge in [0.2, 0.25) is 0 Å². The van der Waals surface area contributed by atoms with Gasteiger partial charge in [-0.2, -0.15) is 13.2 Å². The lowest BCUT2D eigenvalue weighted by Crippen LogP contribution is -2.43. The van der Waals surface area contributed by atoms with E-state index in [-0.39, 0.29) is 40.7 Å². The fourth-order valence-electron chi connectivity index (χ4n) is 4.49. The molecule has 0 amide bonds. The molecule has 0 saturated heterocycles. The molecule has 35 heavy (non-hydrogen) atoms. The molecule has 1 atom stereocenters. The van der Waals surface area contributed by atoms with Gasteiger partial charge < -0.3 is 9.47 Å². The minimum atomic E-state index is -4.41. The van der Waals surface area contributed by atoms with Crippen molar-refractivity contribution in [3.63, 3.8) is 0 Å². The van der Waals surface area contributed by atoms with Crippen LogP contribution in [-0.2, 0) is 5.41 Å². The SMILES string of the molecule is CCC(Oc1cc(OC)c(-c2noc(=O)[nH]2)cc1F)c1sc(C2(C(F)(F)F)CCCCC2)nc1C. The Morgan fingerprint density at radius 1 is 1.23 bits per heavy atom. The molecule has 2 heterocycles. The summed E-state index contributed by atoms with van der Waals surface area (Å²) < 4.78 is 73.3. The first-order chi connectivity index (χ1) is 16.6. The van der Waals surface area contributed by atoms with E-state index >= 15 is 0 Å². The van der Waals surface area contributed by atoms with Crippen LogP contribution in [0.1, 0.15) is 67.1 Å². The van der Waals surface area contributed by atoms with Crippen molar-refractivity contribution in [3.8, 4) is 22.9 Å². The zero-order valence-electron chi connectivity index (χ0n) is 19.4. The topological polar surface area (TPSA) is 90.2 Å². The molecule has 0 aliphatic heterocycles. The lowest BCUT2D eigenvalue weighted by molar-refractivity contribution is -0.199. The summed E-state index contributed by atoms with van der Waals surface area (Å²) in [6.45, 7) is 3.45. The van der Waals surface area contributed by atoms with Crippen LogP contribution in [0.4, 0.5) is 17.6 Å². The molecule has 0 spiro atoms. The van der Waals surface area contributed by atoms with Gasteiger partial charge in [0.05, 0.1) is 23.2 Å². The van der Waals surface area contributed by atoms with Gasteiger partial charge in [-0.25, -0.2) is 14.2 Å². The summed E-state index contributed by atoms with van der Waals surface area (Å²) >= 11 is 0.990. The minimum absolute atomic E-state index is 0.0119. The Kier molecular flexibility index (Phi) is 6.94. The molecule has 1 fully saturated rings. The highest BCUT2D eigenvalue weighted by atomic mass is 32.1. The number of alkyl halides is 3. The second-order valence-corrected chi connectivity index (χ2v) is 9.58.